The zero-order valence-electron chi connectivity index (χ0n) is 12.6. The third kappa shape index (κ3) is 3.16. The number of hydrogen-bond acceptors (Lipinski definition) is 3. The molecule has 0 unspecified atom stereocenters. The Morgan fingerprint density at radius 3 is 2.57 bits per heavy atom. The number of carboxylic acids is 1. The number of carbonyl (C=O) groups is 1. The second kappa shape index (κ2) is 5.74. The van der Waals surface area contributed by atoms with E-state index in [4.69, 9.17) is 10.5 Å². The van der Waals surface area contributed by atoms with E-state index in [1.54, 1.807) is 13.8 Å². The van der Waals surface area contributed by atoms with E-state index in [1.165, 1.54) is 0 Å². The van der Waals surface area contributed by atoms with Crippen LogP contribution >= 0.6 is 0 Å². The van der Waals surface area contributed by atoms with Crippen LogP contribution < -0.4 is 10.5 Å². The SMILES string of the molecule is C[C@@H](N)c1ccc2ccccc2c1OCC(C)(C)C(=O)O. The van der Waals surface area contributed by atoms with Crippen LogP contribution in [0.1, 0.15) is 32.4 Å². The number of aliphatic carboxylic acids is 1. The van der Waals surface area contributed by atoms with Crippen molar-refractivity contribution in [2.45, 2.75) is 26.8 Å². The van der Waals surface area contributed by atoms with E-state index in [1.807, 2.05) is 43.3 Å². The van der Waals surface area contributed by atoms with Gasteiger partial charge in [0.2, 0.25) is 0 Å². The number of nitrogens with two attached hydrogens (primary N) is 1. The molecule has 0 aliphatic carbocycles. The first-order valence-electron chi connectivity index (χ1n) is 6.96. The van der Waals surface area contributed by atoms with Gasteiger partial charge >= 0.3 is 5.97 Å². The average Bonchev–Trinajstić information content (AvgIpc) is 2.44. The molecule has 0 spiro atoms. The van der Waals surface area contributed by atoms with Gasteiger partial charge in [0, 0.05) is 17.0 Å². The van der Waals surface area contributed by atoms with Crippen molar-refractivity contribution in [1.82, 2.24) is 0 Å². The molecule has 0 fully saturated rings. The lowest BCUT2D eigenvalue weighted by atomic mass is 9.95. The topological polar surface area (TPSA) is 72.5 Å². The molecule has 0 heterocycles. The highest BCUT2D eigenvalue weighted by Gasteiger charge is 2.29. The molecule has 0 bridgehead atoms. The molecule has 0 aliphatic heterocycles. The molecule has 2 aromatic rings. The summed E-state index contributed by atoms with van der Waals surface area (Å²) in [5, 5.41) is 11.2. The molecule has 21 heavy (non-hydrogen) atoms. The van der Waals surface area contributed by atoms with E-state index >= 15 is 0 Å². The van der Waals surface area contributed by atoms with E-state index in [0.717, 1.165) is 16.3 Å². The van der Waals surface area contributed by atoms with Crippen LogP contribution in [-0.2, 0) is 4.79 Å². The van der Waals surface area contributed by atoms with Gasteiger partial charge in [-0.3, -0.25) is 4.79 Å². The third-order valence-electron chi connectivity index (χ3n) is 3.56. The summed E-state index contributed by atoms with van der Waals surface area (Å²) in [7, 11) is 0. The number of hydrogen-bond donors (Lipinski definition) is 2. The maximum atomic E-state index is 11.2. The third-order valence-corrected chi connectivity index (χ3v) is 3.56. The van der Waals surface area contributed by atoms with Crippen molar-refractivity contribution in [2.75, 3.05) is 6.61 Å². The van der Waals surface area contributed by atoms with Crippen LogP contribution in [0.2, 0.25) is 0 Å². The first kappa shape index (κ1) is 15.3. The molecule has 4 nitrogen and oxygen atoms in total. The van der Waals surface area contributed by atoms with Gasteiger partial charge < -0.3 is 15.6 Å². The van der Waals surface area contributed by atoms with Crippen molar-refractivity contribution in [3.63, 3.8) is 0 Å². The van der Waals surface area contributed by atoms with E-state index in [-0.39, 0.29) is 12.6 Å². The van der Waals surface area contributed by atoms with E-state index in [0.29, 0.717) is 5.75 Å². The predicted octanol–water partition coefficient (Wildman–Crippen LogP) is 3.35. The molecule has 0 amide bonds. The molecular weight excluding hydrogens is 266 g/mol. The van der Waals surface area contributed by atoms with Crippen LogP contribution in [0.15, 0.2) is 36.4 Å². The zero-order chi connectivity index (χ0) is 15.6. The van der Waals surface area contributed by atoms with Gasteiger partial charge in [0.05, 0.1) is 5.41 Å². The molecule has 0 saturated carbocycles. The highest BCUT2D eigenvalue weighted by Crippen LogP contribution is 2.34. The maximum absolute atomic E-state index is 11.2. The van der Waals surface area contributed by atoms with Crippen molar-refractivity contribution in [1.29, 1.82) is 0 Å². The summed E-state index contributed by atoms with van der Waals surface area (Å²) in [6.07, 6.45) is 0. The van der Waals surface area contributed by atoms with Crippen molar-refractivity contribution >= 4 is 16.7 Å². The van der Waals surface area contributed by atoms with Crippen molar-refractivity contribution in [3.8, 4) is 5.75 Å². The molecule has 0 saturated heterocycles. The van der Waals surface area contributed by atoms with Crippen LogP contribution in [0.5, 0.6) is 5.75 Å². The minimum absolute atomic E-state index is 0.0933. The number of carboxylic acid groups (broad SMARTS) is 1. The summed E-state index contributed by atoms with van der Waals surface area (Å²) >= 11 is 0. The minimum Gasteiger partial charge on any atom is -0.491 e. The monoisotopic (exact) mass is 287 g/mol. The Morgan fingerprint density at radius 1 is 1.29 bits per heavy atom. The zero-order valence-corrected chi connectivity index (χ0v) is 12.6. The lowest BCUT2D eigenvalue weighted by Crippen LogP contribution is -2.31. The maximum Gasteiger partial charge on any atom is 0.312 e. The van der Waals surface area contributed by atoms with Gasteiger partial charge in [-0.2, -0.15) is 0 Å². The predicted molar refractivity (Wildman–Crippen MR) is 83.5 cm³/mol. The molecule has 0 aliphatic rings. The lowest BCUT2D eigenvalue weighted by Gasteiger charge is -2.23. The first-order valence-corrected chi connectivity index (χ1v) is 6.96. The van der Waals surface area contributed by atoms with E-state index in [2.05, 4.69) is 0 Å². The Bertz CT molecular complexity index is 662. The second-order valence-corrected chi connectivity index (χ2v) is 5.97. The Hall–Kier alpha value is -2.07. The summed E-state index contributed by atoms with van der Waals surface area (Å²) in [5.41, 5.74) is 5.94. The van der Waals surface area contributed by atoms with Gasteiger partial charge in [-0.25, -0.2) is 0 Å². The fourth-order valence-corrected chi connectivity index (χ4v) is 2.09. The van der Waals surface area contributed by atoms with Gasteiger partial charge in [0.25, 0.3) is 0 Å². The number of ether oxygens (including phenoxy) is 1. The van der Waals surface area contributed by atoms with Gasteiger partial charge in [0.1, 0.15) is 12.4 Å². The standard InChI is InChI=1S/C17H21NO3/c1-11(18)13-9-8-12-6-4-5-7-14(12)15(13)21-10-17(2,3)16(19)20/h4-9,11H,10,18H2,1-3H3,(H,19,20)/t11-/m1/s1. The number of rotatable bonds is 5. The number of benzene rings is 2. The summed E-state index contributed by atoms with van der Waals surface area (Å²) in [6, 6.07) is 11.6. The quantitative estimate of drug-likeness (QED) is 0.884. The minimum atomic E-state index is -0.952. The molecule has 2 aromatic carbocycles. The average molecular weight is 287 g/mol. The molecule has 1 atom stereocenters. The van der Waals surface area contributed by atoms with Gasteiger partial charge in [-0.05, 0) is 26.2 Å². The molecule has 112 valence electrons. The van der Waals surface area contributed by atoms with Crippen molar-refractivity contribution in [3.05, 3.63) is 42.0 Å². The Morgan fingerprint density at radius 2 is 1.95 bits per heavy atom. The van der Waals surface area contributed by atoms with Crippen LogP contribution in [0.3, 0.4) is 0 Å². The highest BCUT2D eigenvalue weighted by molar-refractivity contribution is 5.89. The smallest absolute Gasteiger partial charge is 0.312 e. The van der Waals surface area contributed by atoms with Gasteiger partial charge in [-0.15, -0.1) is 0 Å². The Balaban J connectivity index is 2.45. The van der Waals surface area contributed by atoms with E-state index in [9.17, 15) is 9.90 Å². The molecule has 0 aromatic heterocycles. The van der Waals surface area contributed by atoms with Crippen LogP contribution in [0.4, 0.5) is 0 Å². The van der Waals surface area contributed by atoms with Gasteiger partial charge in [-0.1, -0.05) is 36.4 Å². The number of fused-ring (bicyclic) bond motifs is 1. The fourth-order valence-electron chi connectivity index (χ4n) is 2.09. The normalized spacial score (nSPS) is 13.1. The molecule has 3 N–H and O–H groups in total. The molecule has 2 rings (SSSR count). The van der Waals surface area contributed by atoms with Crippen LogP contribution in [0, 0.1) is 5.41 Å². The summed E-state index contributed by atoms with van der Waals surface area (Å²) in [6.45, 7) is 5.27. The lowest BCUT2D eigenvalue weighted by molar-refractivity contribution is -0.148. The Labute approximate surface area is 124 Å². The summed E-state index contributed by atoms with van der Waals surface area (Å²) in [5.74, 6) is -0.206. The van der Waals surface area contributed by atoms with Crippen molar-refractivity contribution in [2.24, 2.45) is 11.1 Å². The van der Waals surface area contributed by atoms with Gasteiger partial charge in [0.15, 0.2) is 0 Å². The highest BCUT2D eigenvalue weighted by atomic mass is 16.5. The summed E-state index contributed by atoms with van der Waals surface area (Å²) < 4.78 is 5.88. The largest absolute Gasteiger partial charge is 0.491 e. The van der Waals surface area contributed by atoms with E-state index < -0.39 is 11.4 Å². The van der Waals surface area contributed by atoms with Crippen LogP contribution in [0.25, 0.3) is 10.8 Å². The molecule has 4 heteroatoms. The first-order chi connectivity index (χ1) is 9.83. The van der Waals surface area contributed by atoms with Crippen LogP contribution in [-0.4, -0.2) is 17.7 Å². The van der Waals surface area contributed by atoms with Crippen molar-refractivity contribution < 1.29 is 14.6 Å². The molecular formula is C17H21NO3. The molecule has 0 radical (unpaired) electrons. The summed E-state index contributed by atoms with van der Waals surface area (Å²) in [4.78, 5) is 11.2. The second-order valence-electron chi connectivity index (χ2n) is 5.97. The Kier molecular flexibility index (Phi) is 4.19. The fraction of sp³-hybridized carbons (Fsp3) is 0.353.